The van der Waals surface area contributed by atoms with Crippen LogP contribution in [0.5, 0.6) is 0 Å². The SMILES string of the molecule is C[C@H](NC(=O)OC(C)(C)C)c1nc2cccc(Cl)c2c(=O)n1-c1cccc(NC(=O)Nc2ccccc2)c1. The Morgan fingerprint density at radius 3 is 2.32 bits per heavy atom. The molecule has 0 unspecified atom stereocenters. The Bertz CT molecular complexity index is 1550. The van der Waals surface area contributed by atoms with Crippen molar-refractivity contribution < 1.29 is 14.3 Å². The van der Waals surface area contributed by atoms with Gasteiger partial charge in [-0.2, -0.15) is 0 Å². The first-order valence-corrected chi connectivity index (χ1v) is 12.3. The normalized spacial score (nSPS) is 12.0. The third kappa shape index (κ3) is 6.30. The number of ether oxygens (including phenoxy) is 1. The number of aromatic nitrogens is 2. The number of hydrogen-bond donors (Lipinski definition) is 3. The molecule has 0 fully saturated rings. The molecule has 4 rings (SSSR count). The molecule has 3 aromatic carbocycles. The summed E-state index contributed by atoms with van der Waals surface area (Å²) in [7, 11) is 0. The number of anilines is 2. The number of benzene rings is 3. The van der Waals surface area contributed by atoms with Gasteiger partial charge in [-0.3, -0.25) is 9.36 Å². The maximum Gasteiger partial charge on any atom is 0.408 e. The first kappa shape index (κ1) is 26.7. The van der Waals surface area contributed by atoms with Gasteiger partial charge in [0.1, 0.15) is 11.4 Å². The molecule has 0 saturated heterocycles. The van der Waals surface area contributed by atoms with Crippen molar-refractivity contribution in [3.8, 4) is 5.69 Å². The summed E-state index contributed by atoms with van der Waals surface area (Å²) in [5.41, 5.74) is 0.779. The van der Waals surface area contributed by atoms with Crippen molar-refractivity contribution in [3.05, 3.63) is 94.0 Å². The molecule has 38 heavy (non-hydrogen) atoms. The van der Waals surface area contributed by atoms with E-state index in [9.17, 15) is 14.4 Å². The van der Waals surface area contributed by atoms with Gasteiger partial charge in [-0.15, -0.1) is 0 Å². The van der Waals surface area contributed by atoms with Crippen LogP contribution in [0.1, 0.15) is 39.6 Å². The van der Waals surface area contributed by atoms with Gasteiger partial charge in [-0.05, 0) is 70.2 Å². The van der Waals surface area contributed by atoms with E-state index in [1.54, 1.807) is 82.3 Å². The van der Waals surface area contributed by atoms with Crippen LogP contribution in [-0.2, 0) is 4.74 Å². The third-order valence-corrected chi connectivity index (χ3v) is 5.70. The quantitative estimate of drug-likeness (QED) is 0.280. The molecule has 1 atom stereocenters. The number of carbonyl (C=O) groups excluding carboxylic acids is 2. The largest absolute Gasteiger partial charge is 0.444 e. The first-order valence-electron chi connectivity index (χ1n) is 12.0. The van der Waals surface area contributed by atoms with Crippen molar-refractivity contribution in [2.45, 2.75) is 39.3 Å². The monoisotopic (exact) mass is 533 g/mol. The number of carbonyl (C=O) groups is 2. The van der Waals surface area contributed by atoms with Gasteiger partial charge in [0.05, 0.1) is 27.7 Å². The van der Waals surface area contributed by atoms with Gasteiger partial charge in [0.25, 0.3) is 5.56 Å². The lowest BCUT2D eigenvalue weighted by molar-refractivity contribution is 0.0505. The summed E-state index contributed by atoms with van der Waals surface area (Å²) in [4.78, 5) is 43.5. The summed E-state index contributed by atoms with van der Waals surface area (Å²) in [5.74, 6) is 0.265. The molecule has 0 bridgehead atoms. The molecule has 3 amide bonds. The summed E-state index contributed by atoms with van der Waals surface area (Å²) in [6.45, 7) is 6.98. The van der Waals surface area contributed by atoms with Crippen molar-refractivity contribution in [2.75, 3.05) is 10.6 Å². The average Bonchev–Trinajstić information content (AvgIpc) is 2.83. The Balaban J connectivity index is 1.74. The molecule has 4 aromatic rings. The summed E-state index contributed by atoms with van der Waals surface area (Å²) in [5, 5.41) is 8.77. The predicted octanol–water partition coefficient (Wildman–Crippen LogP) is 6.27. The fourth-order valence-electron chi connectivity index (χ4n) is 3.83. The number of nitrogens with zero attached hydrogens (tertiary/aromatic N) is 2. The Labute approximate surface area is 224 Å². The molecule has 0 spiro atoms. The molecule has 0 aliphatic carbocycles. The van der Waals surface area contributed by atoms with Crippen LogP contribution in [-0.4, -0.2) is 27.3 Å². The minimum absolute atomic E-state index is 0.238. The van der Waals surface area contributed by atoms with Crippen LogP contribution in [0.3, 0.4) is 0 Å². The van der Waals surface area contributed by atoms with E-state index < -0.39 is 29.3 Å². The Kier molecular flexibility index (Phi) is 7.68. The Hall–Kier alpha value is -4.37. The highest BCUT2D eigenvalue weighted by Crippen LogP contribution is 2.24. The zero-order chi connectivity index (χ0) is 27.4. The molecular weight excluding hydrogens is 506 g/mol. The average molecular weight is 534 g/mol. The van der Waals surface area contributed by atoms with E-state index in [0.29, 0.717) is 22.6 Å². The molecule has 9 nitrogen and oxygen atoms in total. The maximum atomic E-state index is 13.8. The molecule has 0 aliphatic heterocycles. The van der Waals surface area contributed by atoms with E-state index in [1.165, 1.54) is 4.57 Å². The second kappa shape index (κ2) is 10.9. The maximum absolute atomic E-state index is 13.8. The number of urea groups is 1. The van der Waals surface area contributed by atoms with Crippen LogP contribution in [0.2, 0.25) is 5.02 Å². The topological polar surface area (TPSA) is 114 Å². The highest BCUT2D eigenvalue weighted by molar-refractivity contribution is 6.35. The lowest BCUT2D eigenvalue weighted by atomic mass is 10.2. The number of nitrogens with one attached hydrogen (secondary N) is 3. The van der Waals surface area contributed by atoms with Crippen molar-refractivity contribution in [1.82, 2.24) is 14.9 Å². The van der Waals surface area contributed by atoms with E-state index in [4.69, 9.17) is 16.3 Å². The third-order valence-electron chi connectivity index (χ3n) is 5.39. The van der Waals surface area contributed by atoms with Crippen LogP contribution < -0.4 is 21.5 Å². The second-order valence-electron chi connectivity index (χ2n) is 9.61. The number of hydrogen-bond acceptors (Lipinski definition) is 5. The van der Waals surface area contributed by atoms with Gasteiger partial charge in [0.15, 0.2) is 0 Å². The Morgan fingerprint density at radius 1 is 0.947 bits per heavy atom. The Morgan fingerprint density at radius 2 is 1.61 bits per heavy atom. The summed E-state index contributed by atoms with van der Waals surface area (Å²) in [6, 6.07) is 19.6. The predicted molar refractivity (Wildman–Crippen MR) is 149 cm³/mol. The van der Waals surface area contributed by atoms with Crippen LogP contribution in [0, 0.1) is 0 Å². The van der Waals surface area contributed by atoms with E-state index in [2.05, 4.69) is 20.9 Å². The first-order chi connectivity index (χ1) is 18.0. The smallest absolute Gasteiger partial charge is 0.408 e. The van der Waals surface area contributed by atoms with Gasteiger partial charge < -0.3 is 20.7 Å². The van der Waals surface area contributed by atoms with Gasteiger partial charge in [-0.25, -0.2) is 14.6 Å². The molecule has 0 aliphatic rings. The fourth-order valence-corrected chi connectivity index (χ4v) is 4.08. The highest BCUT2D eigenvalue weighted by atomic mass is 35.5. The van der Waals surface area contributed by atoms with Crippen LogP contribution in [0.15, 0.2) is 77.6 Å². The van der Waals surface area contributed by atoms with Crippen molar-refractivity contribution in [3.63, 3.8) is 0 Å². The van der Waals surface area contributed by atoms with Gasteiger partial charge in [-0.1, -0.05) is 41.9 Å². The molecule has 0 radical (unpaired) electrons. The summed E-state index contributed by atoms with van der Waals surface area (Å²) in [6.07, 6.45) is -0.648. The lowest BCUT2D eigenvalue weighted by Gasteiger charge is -2.23. The standard InChI is InChI=1S/C28H28ClN5O4/c1-17(30-27(37)38-28(2,3)4)24-33-22-15-9-14-21(29)23(22)25(35)34(24)20-13-8-12-19(16-20)32-26(36)31-18-10-6-5-7-11-18/h5-17H,1-4H3,(H,30,37)(H2,31,32,36)/t17-/m0/s1. The van der Waals surface area contributed by atoms with E-state index in [0.717, 1.165) is 0 Å². The molecule has 0 saturated carbocycles. The van der Waals surface area contributed by atoms with Crippen molar-refractivity contribution in [1.29, 1.82) is 0 Å². The van der Waals surface area contributed by atoms with Gasteiger partial charge >= 0.3 is 12.1 Å². The van der Waals surface area contributed by atoms with Gasteiger partial charge in [0.2, 0.25) is 0 Å². The van der Waals surface area contributed by atoms with E-state index in [-0.39, 0.29) is 16.2 Å². The molecule has 1 heterocycles. The number of rotatable bonds is 5. The minimum Gasteiger partial charge on any atom is -0.444 e. The molecule has 3 N–H and O–H groups in total. The van der Waals surface area contributed by atoms with E-state index >= 15 is 0 Å². The number of fused-ring (bicyclic) bond motifs is 1. The zero-order valence-corrected chi connectivity index (χ0v) is 22.2. The van der Waals surface area contributed by atoms with Crippen LogP contribution in [0.25, 0.3) is 16.6 Å². The number of alkyl carbamates (subject to hydrolysis) is 1. The lowest BCUT2D eigenvalue weighted by Crippen LogP contribution is -2.37. The number of para-hydroxylation sites is 1. The molecule has 10 heteroatoms. The van der Waals surface area contributed by atoms with Gasteiger partial charge in [0, 0.05) is 11.4 Å². The molecular formula is C28H28ClN5O4. The number of halogens is 1. The second-order valence-corrected chi connectivity index (χ2v) is 10.0. The molecule has 1 aromatic heterocycles. The zero-order valence-electron chi connectivity index (χ0n) is 21.4. The fraction of sp³-hybridized carbons (Fsp3) is 0.214. The molecule has 196 valence electrons. The van der Waals surface area contributed by atoms with Crippen LogP contribution >= 0.6 is 11.6 Å². The highest BCUT2D eigenvalue weighted by Gasteiger charge is 2.23. The summed E-state index contributed by atoms with van der Waals surface area (Å²) >= 11 is 6.38. The van der Waals surface area contributed by atoms with Crippen LogP contribution in [0.4, 0.5) is 21.0 Å². The summed E-state index contributed by atoms with van der Waals surface area (Å²) < 4.78 is 6.75. The van der Waals surface area contributed by atoms with Crippen molar-refractivity contribution >= 4 is 46.0 Å². The van der Waals surface area contributed by atoms with Crippen molar-refractivity contribution in [2.24, 2.45) is 0 Å². The minimum atomic E-state index is -0.709. The van der Waals surface area contributed by atoms with E-state index in [1.807, 2.05) is 18.2 Å². The number of amides is 3.